The zero-order valence-corrected chi connectivity index (χ0v) is 18.4. The number of fused-ring (bicyclic) bond motifs is 2. The number of benzene rings is 1. The molecule has 10 heteroatoms. The van der Waals surface area contributed by atoms with Crippen LogP contribution in [0.2, 0.25) is 0 Å². The van der Waals surface area contributed by atoms with Crippen molar-refractivity contribution in [2.45, 2.75) is 37.9 Å². The Balaban J connectivity index is 1.33. The summed E-state index contributed by atoms with van der Waals surface area (Å²) in [7, 11) is 1.93. The third-order valence-corrected chi connectivity index (χ3v) is 6.96. The van der Waals surface area contributed by atoms with Crippen molar-refractivity contribution in [1.29, 1.82) is 0 Å². The van der Waals surface area contributed by atoms with Crippen LogP contribution >= 0.6 is 11.3 Å². The maximum Gasteiger partial charge on any atom is 0.393 e. The Morgan fingerprint density at radius 1 is 1.16 bits per heavy atom. The lowest BCUT2D eigenvalue weighted by Crippen LogP contribution is -2.27. The monoisotopic (exact) mass is 460 g/mol. The molecule has 32 heavy (non-hydrogen) atoms. The Hall–Kier alpha value is -2.88. The molecule has 0 saturated carbocycles. The van der Waals surface area contributed by atoms with Crippen LogP contribution in [0.1, 0.15) is 24.1 Å². The van der Waals surface area contributed by atoms with E-state index in [0.717, 1.165) is 66.1 Å². The fourth-order valence-corrected chi connectivity index (χ4v) is 5.43. The van der Waals surface area contributed by atoms with Crippen LogP contribution in [0.3, 0.4) is 0 Å². The summed E-state index contributed by atoms with van der Waals surface area (Å²) in [5, 5.41) is 9.85. The second-order valence-corrected chi connectivity index (χ2v) is 9.30. The van der Waals surface area contributed by atoms with Crippen molar-refractivity contribution < 1.29 is 13.2 Å². The number of nitrogens with zero attached hydrogens (tertiary/aromatic N) is 5. The predicted molar refractivity (Wildman–Crippen MR) is 121 cm³/mol. The first kappa shape index (κ1) is 21.0. The van der Waals surface area contributed by atoms with Crippen LogP contribution in [-0.4, -0.2) is 45.1 Å². The summed E-state index contributed by atoms with van der Waals surface area (Å²) in [5.74, 6) is 0.731. The molecule has 1 aliphatic heterocycles. The van der Waals surface area contributed by atoms with Crippen molar-refractivity contribution in [3.05, 3.63) is 41.7 Å². The number of anilines is 2. The minimum absolute atomic E-state index is 0.271. The second kappa shape index (κ2) is 8.23. The standard InChI is InChI=1S/C22H23F3N6S/c1-30-19-6-2-5-18(17(19)12-28-30)29-14-4-3-8-31(9-7-14)20-16-10-15(11-22(23,24)25)32-21(16)27-13-26-20/h2,5-6,10,12-14,29H,3-4,7-9,11H2,1H3/t14-/m1/s1. The fraction of sp³-hybridized carbons (Fsp3) is 0.409. The molecule has 4 heterocycles. The summed E-state index contributed by atoms with van der Waals surface area (Å²) in [5.41, 5.74) is 2.16. The van der Waals surface area contributed by atoms with Crippen molar-refractivity contribution >= 4 is 44.0 Å². The van der Waals surface area contributed by atoms with E-state index in [1.807, 2.05) is 24.0 Å². The zero-order chi connectivity index (χ0) is 22.3. The number of hydrogen-bond acceptors (Lipinski definition) is 6. The Bertz CT molecular complexity index is 1250. The van der Waals surface area contributed by atoms with Gasteiger partial charge in [0.15, 0.2) is 0 Å². The van der Waals surface area contributed by atoms with Gasteiger partial charge in [-0.15, -0.1) is 11.3 Å². The van der Waals surface area contributed by atoms with Crippen LogP contribution in [0.25, 0.3) is 21.1 Å². The molecule has 1 N–H and O–H groups in total. The lowest BCUT2D eigenvalue weighted by Gasteiger charge is -2.22. The molecule has 0 aliphatic carbocycles. The first-order valence-corrected chi connectivity index (χ1v) is 11.4. The second-order valence-electron chi connectivity index (χ2n) is 8.19. The molecule has 0 amide bonds. The quantitative estimate of drug-likeness (QED) is 0.456. The number of aromatic nitrogens is 4. The van der Waals surface area contributed by atoms with Gasteiger partial charge in [0.2, 0.25) is 0 Å². The van der Waals surface area contributed by atoms with Crippen molar-refractivity contribution in [2.75, 3.05) is 23.3 Å². The molecule has 4 aromatic rings. The van der Waals surface area contributed by atoms with E-state index in [1.165, 1.54) is 6.33 Å². The summed E-state index contributed by atoms with van der Waals surface area (Å²) in [6.45, 7) is 1.59. The number of aryl methyl sites for hydroxylation is 1. The van der Waals surface area contributed by atoms with Gasteiger partial charge in [-0.25, -0.2) is 9.97 Å². The average Bonchev–Trinajstić information content (AvgIpc) is 3.23. The Labute approximate surface area is 187 Å². The minimum Gasteiger partial charge on any atom is -0.382 e. The Morgan fingerprint density at radius 2 is 2.03 bits per heavy atom. The Morgan fingerprint density at radius 3 is 2.88 bits per heavy atom. The van der Waals surface area contributed by atoms with Crippen LogP contribution in [0.15, 0.2) is 36.8 Å². The van der Waals surface area contributed by atoms with Crippen molar-refractivity contribution in [3.8, 4) is 0 Å². The van der Waals surface area contributed by atoms with Crippen molar-refractivity contribution in [1.82, 2.24) is 19.7 Å². The summed E-state index contributed by atoms with van der Waals surface area (Å²) in [6, 6.07) is 8.06. The van der Waals surface area contributed by atoms with Gasteiger partial charge in [0.1, 0.15) is 17.0 Å². The molecule has 1 aromatic carbocycles. The van der Waals surface area contributed by atoms with E-state index in [1.54, 1.807) is 6.07 Å². The van der Waals surface area contributed by atoms with Gasteiger partial charge in [-0.2, -0.15) is 18.3 Å². The molecule has 168 valence electrons. The van der Waals surface area contributed by atoms with Gasteiger partial charge in [-0.1, -0.05) is 6.07 Å². The van der Waals surface area contributed by atoms with E-state index in [9.17, 15) is 13.2 Å². The molecule has 0 bridgehead atoms. The van der Waals surface area contributed by atoms with E-state index < -0.39 is 12.6 Å². The number of hydrogen-bond donors (Lipinski definition) is 1. The average molecular weight is 461 g/mol. The number of nitrogens with one attached hydrogen (secondary N) is 1. The van der Waals surface area contributed by atoms with Crippen LogP contribution in [-0.2, 0) is 13.5 Å². The topological polar surface area (TPSA) is 58.9 Å². The summed E-state index contributed by atoms with van der Waals surface area (Å²) in [4.78, 5) is 11.7. The number of thiophene rings is 1. The maximum atomic E-state index is 12.8. The molecule has 1 aliphatic rings. The summed E-state index contributed by atoms with van der Waals surface area (Å²) < 4.78 is 40.4. The number of rotatable bonds is 4. The molecule has 3 aromatic heterocycles. The number of halogens is 3. The molecular formula is C22H23F3N6S. The molecule has 1 atom stereocenters. The SMILES string of the molecule is Cn1ncc2c(N[C@@H]3CCCN(c4ncnc5sc(CC(F)(F)F)cc45)CC3)cccc21. The van der Waals surface area contributed by atoms with Crippen LogP contribution < -0.4 is 10.2 Å². The largest absolute Gasteiger partial charge is 0.393 e. The molecule has 0 spiro atoms. The first-order valence-electron chi connectivity index (χ1n) is 10.6. The van der Waals surface area contributed by atoms with Gasteiger partial charge < -0.3 is 10.2 Å². The lowest BCUT2D eigenvalue weighted by molar-refractivity contribution is -0.126. The molecule has 6 nitrogen and oxygen atoms in total. The van der Waals surface area contributed by atoms with E-state index in [0.29, 0.717) is 16.3 Å². The van der Waals surface area contributed by atoms with Gasteiger partial charge in [-0.3, -0.25) is 4.68 Å². The van der Waals surface area contributed by atoms with Gasteiger partial charge in [-0.05, 0) is 37.5 Å². The van der Waals surface area contributed by atoms with E-state index in [4.69, 9.17) is 0 Å². The maximum absolute atomic E-state index is 12.8. The van der Waals surface area contributed by atoms with Gasteiger partial charge in [0.25, 0.3) is 0 Å². The normalized spacial score (nSPS) is 17.8. The highest BCUT2D eigenvalue weighted by molar-refractivity contribution is 7.18. The zero-order valence-electron chi connectivity index (χ0n) is 17.6. The highest BCUT2D eigenvalue weighted by Crippen LogP contribution is 2.34. The molecular weight excluding hydrogens is 437 g/mol. The lowest BCUT2D eigenvalue weighted by atomic mass is 10.1. The number of alkyl halides is 3. The molecule has 0 unspecified atom stereocenters. The van der Waals surface area contributed by atoms with Gasteiger partial charge >= 0.3 is 6.18 Å². The fourth-order valence-electron chi connectivity index (χ4n) is 4.41. The smallest absolute Gasteiger partial charge is 0.382 e. The van der Waals surface area contributed by atoms with Crippen LogP contribution in [0.5, 0.6) is 0 Å². The van der Waals surface area contributed by atoms with Gasteiger partial charge in [0, 0.05) is 42.1 Å². The van der Waals surface area contributed by atoms with Gasteiger partial charge in [0.05, 0.1) is 23.5 Å². The van der Waals surface area contributed by atoms with E-state index >= 15 is 0 Å². The molecule has 1 saturated heterocycles. The predicted octanol–water partition coefficient (Wildman–Crippen LogP) is 5.15. The first-order chi connectivity index (χ1) is 15.4. The van der Waals surface area contributed by atoms with Crippen LogP contribution in [0.4, 0.5) is 24.7 Å². The van der Waals surface area contributed by atoms with Crippen LogP contribution in [0, 0.1) is 0 Å². The highest BCUT2D eigenvalue weighted by Gasteiger charge is 2.29. The summed E-state index contributed by atoms with van der Waals surface area (Å²) >= 11 is 1.09. The molecule has 1 fully saturated rings. The minimum atomic E-state index is -4.23. The summed E-state index contributed by atoms with van der Waals surface area (Å²) in [6.07, 6.45) is 1.05. The third kappa shape index (κ3) is 4.23. The molecule has 0 radical (unpaired) electrons. The van der Waals surface area contributed by atoms with E-state index in [-0.39, 0.29) is 4.88 Å². The van der Waals surface area contributed by atoms with E-state index in [2.05, 4.69) is 37.4 Å². The Kier molecular flexibility index (Phi) is 5.40. The van der Waals surface area contributed by atoms with Crippen molar-refractivity contribution in [3.63, 3.8) is 0 Å². The molecule has 5 rings (SSSR count). The highest BCUT2D eigenvalue weighted by atomic mass is 32.1. The van der Waals surface area contributed by atoms with Crippen molar-refractivity contribution in [2.24, 2.45) is 7.05 Å². The third-order valence-electron chi connectivity index (χ3n) is 5.91.